The first-order valence-electron chi connectivity index (χ1n) is 6.73. The molecule has 21 heavy (non-hydrogen) atoms. The molecule has 0 aliphatic rings. The van der Waals surface area contributed by atoms with Crippen LogP contribution in [0.1, 0.15) is 0 Å². The quantitative estimate of drug-likeness (QED) is 0.570. The normalized spacial score (nSPS) is 10.9. The monoisotopic (exact) mass is 300 g/mol. The van der Waals surface area contributed by atoms with E-state index in [0.29, 0.717) is 18.3 Å². The largest absolute Gasteiger partial charge is 0.456 e. The van der Waals surface area contributed by atoms with Crippen LogP contribution < -0.4 is 10.6 Å². The lowest BCUT2D eigenvalue weighted by atomic mass is 10.1. The van der Waals surface area contributed by atoms with Crippen LogP contribution in [0.15, 0.2) is 46.9 Å². The van der Waals surface area contributed by atoms with Gasteiger partial charge in [-0.15, -0.1) is 0 Å². The number of methoxy groups -OCH3 is 1. The van der Waals surface area contributed by atoms with Crippen LogP contribution in [0.5, 0.6) is 0 Å². The van der Waals surface area contributed by atoms with E-state index in [2.05, 4.69) is 16.7 Å². The molecule has 0 unspecified atom stereocenters. The highest BCUT2D eigenvalue weighted by molar-refractivity contribution is 7.80. The van der Waals surface area contributed by atoms with E-state index in [1.807, 2.05) is 36.4 Å². The van der Waals surface area contributed by atoms with E-state index in [0.717, 1.165) is 27.6 Å². The number of hydrogen-bond donors (Lipinski definition) is 2. The van der Waals surface area contributed by atoms with Crippen molar-refractivity contribution in [2.24, 2.45) is 0 Å². The minimum atomic E-state index is 0.572. The van der Waals surface area contributed by atoms with Gasteiger partial charge in [0.1, 0.15) is 11.2 Å². The highest BCUT2D eigenvalue weighted by atomic mass is 32.1. The topological polar surface area (TPSA) is 46.4 Å². The predicted molar refractivity (Wildman–Crippen MR) is 89.8 cm³/mol. The molecule has 0 spiro atoms. The molecule has 2 N–H and O–H groups in total. The second-order valence-corrected chi connectivity index (χ2v) is 5.09. The zero-order chi connectivity index (χ0) is 14.7. The van der Waals surface area contributed by atoms with Gasteiger partial charge in [-0.3, -0.25) is 0 Å². The van der Waals surface area contributed by atoms with E-state index in [1.165, 1.54) is 0 Å². The van der Waals surface area contributed by atoms with Gasteiger partial charge in [-0.1, -0.05) is 18.2 Å². The van der Waals surface area contributed by atoms with Gasteiger partial charge in [0, 0.05) is 36.2 Å². The Morgan fingerprint density at radius 1 is 1.14 bits per heavy atom. The maximum atomic E-state index is 5.85. The fourth-order valence-corrected chi connectivity index (χ4v) is 2.47. The fraction of sp³-hybridized carbons (Fsp3) is 0.188. The average molecular weight is 300 g/mol. The van der Waals surface area contributed by atoms with Crippen molar-refractivity contribution in [3.63, 3.8) is 0 Å². The Kier molecular flexibility index (Phi) is 4.03. The van der Waals surface area contributed by atoms with E-state index in [1.54, 1.807) is 7.11 Å². The molecule has 0 atom stereocenters. The number of rotatable bonds is 4. The third-order valence-electron chi connectivity index (χ3n) is 3.23. The molecule has 1 heterocycles. The summed E-state index contributed by atoms with van der Waals surface area (Å²) in [5, 5.41) is 9.02. The van der Waals surface area contributed by atoms with Gasteiger partial charge in [0.25, 0.3) is 0 Å². The van der Waals surface area contributed by atoms with Crippen molar-refractivity contribution < 1.29 is 9.15 Å². The predicted octanol–water partition coefficient (Wildman–Crippen LogP) is 3.52. The van der Waals surface area contributed by atoms with Gasteiger partial charge < -0.3 is 19.8 Å². The summed E-state index contributed by atoms with van der Waals surface area (Å²) in [5.41, 5.74) is 2.64. The van der Waals surface area contributed by atoms with Crippen LogP contribution in [0, 0.1) is 0 Å². The molecule has 0 radical (unpaired) electrons. The summed E-state index contributed by atoms with van der Waals surface area (Å²) >= 11 is 5.23. The summed E-state index contributed by atoms with van der Waals surface area (Å²) < 4.78 is 10.8. The molecular weight excluding hydrogens is 284 g/mol. The van der Waals surface area contributed by atoms with Gasteiger partial charge >= 0.3 is 0 Å². The standard InChI is InChI=1S/C16H16N2O2S/c1-19-9-8-17-16(21)18-11-6-7-13-12-4-2-3-5-14(12)20-15(13)10-11/h2-7,10H,8-9H2,1H3,(H2,17,18,21). The van der Waals surface area contributed by atoms with Gasteiger partial charge in [0.15, 0.2) is 5.11 Å². The third kappa shape index (κ3) is 2.99. The molecule has 2 aromatic carbocycles. The van der Waals surface area contributed by atoms with Gasteiger partial charge in [-0.25, -0.2) is 0 Å². The van der Waals surface area contributed by atoms with E-state index in [9.17, 15) is 0 Å². The van der Waals surface area contributed by atoms with Gasteiger partial charge in [-0.05, 0) is 30.4 Å². The van der Waals surface area contributed by atoms with Crippen LogP contribution in [0.4, 0.5) is 5.69 Å². The average Bonchev–Trinajstić information content (AvgIpc) is 2.85. The number of ether oxygens (including phenoxy) is 1. The Bertz CT molecular complexity index is 782. The molecule has 1 aromatic heterocycles. The first-order valence-corrected chi connectivity index (χ1v) is 7.14. The fourth-order valence-electron chi connectivity index (χ4n) is 2.25. The van der Waals surface area contributed by atoms with Gasteiger partial charge in [0.05, 0.1) is 6.61 Å². The molecule has 0 aliphatic carbocycles. The summed E-state index contributed by atoms with van der Waals surface area (Å²) in [6, 6.07) is 14.0. The number of furan rings is 1. The minimum absolute atomic E-state index is 0.572. The van der Waals surface area contributed by atoms with E-state index in [4.69, 9.17) is 21.4 Å². The van der Waals surface area contributed by atoms with Crippen LogP contribution in [0.3, 0.4) is 0 Å². The molecule has 0 saturated carbocycles. The highest BCUT2D eigenvalue weighted by Gasteiger charge is 2.07. The van der Waals surface area contributed by atoms with Crippen LogP contribution >= 0.6 is 12.2 Å². The number of anilines is 1. The van der Waals surface area contributed by atoms with Crippen LogP contribution in [-0.4, -0.2) is 25.4 Å². The highest BCUT2D eigenvalue weighted by Crippen LogP contribution is 2.30. The first kappa shape index (κ1) is 13.9. The molecule has 3 aromatic rings. The summed E-state index contributed by atoms with van der Waals surface area (Å²) in [6.07, 6.45) is 0. The lowest BCUT2D eigenvalue weighted by molar-refractivity contribution is 0.204. The number of para-hydroxylation sites is 1. The van der Waals surface area contributed by atoms with Gasteiger partial charge in [-0.2, -0.15) is 0 Å². The molecule has 5 heteroatoms. The zero-order valence-electron chi connectivity index (χ0n) is 11.7. The number of fused-ring (bicyclic) bond motifs is 3. The summed E-state index contributed by atoms with van der Waals surface area (Å²) in [5.74, 6) is 0. The van der Waals surface area contributed by atoms with Crippen molar-refractivity contribution in [1.29, 1.82) is 0 Å². The van der Waals surface area contributed by atoms with Crippen molar-refractivity contribution in [3.8, 4) is 0 Å². The molecule has 0 bridgehead atoms. The first-order chi connectivity index (χ1) is 10.3. The minimum Gasteiger partial charge on any atom is -0.456 e. The Morgan fingerprint density at radius 3 is 2.81 bits per heavy atom. The molecule has 3 rings (SSSR count). The van der Waals surface area contributed by atoms with Crippen molar-refractivity contribution in [2.45, 2.75) is 0 Å². The molecule has 0 saturated heterocycles. The Hall–Kier alpha value is -2.11. The number of benzene rings is 2. The molecule has 4 nitrogen and oxygen atoms in total. The van der Waals surface area contributed by atoms with Crippen molar-refractivity contribution in [1.82, 2.24) is 5.32 Å². The number of thiocarbonyl (C=S) groups is 1. The van der Waals surface area contributed by atoms with Crippen molar-refractivity contribution in [3.05, 3.63) is 42.5 Å². The molecule has 0 aliphatic heterocycles. The molecule has 108 valence electrons. The number of nitrogens with one attached hydrogen (secondary N) is 2. The van der Waals surface area contributed by atoms with Crippen LogP contribution in [0.2, 0.25) is 0 Å². The van der Waals surface area contributed by atoms with Crippen LogP contribution in [0.25, 0.3) is 21.9 Å². The third-order valence-corrected chi connectivity index (χ3v) is 3.47. The lowest BCUT2D eigenvalue weighted by Crippen LogP contribution is -2.31. The van der Waals surface area contributed by atoms with Crippen molar-refractivity contribution >= 4 is 45.0 Å². The smallest absolute Gasteiger partial charge is 0.170 e. The lowest BCUT2D eigenvalue weighted by Gasteiger charge is -2.09. The van der Waals surface area contributed by atoms with Gasteiger partial charge in [0.2, 0.25) is 0 Å². The molecule has 0 fully saturated rings. The maximum absolute atomic E-state index is 5.85. The SMILES string of the molecule is COCCNC(=S)Nc1ccc2c(c1)oc1ccccc12. The second-order valence-electron chi connectivity index (χ2n) is 4.68. The second kappa shape index (κ2) is 6.11. The molecule has 0 amide bonds. The summed E-state index contributed by atoms with van der Waals surface area (Å²) in [6.45, 7) is 1.29. The van der Waals surface area contributed by atoms with E-state index >= 15 is 0 Å². The number of hydrogen-bond acceptors (Lipinski definition) is 3. The zero-order valence-corrected chi connectivity index (χ0v) is 12.5. The van der Waals surface area contributed by atoms with E-state index < -0.39 is 0 Å². The van der Waals surface area contributed by atoms with Crippen LogP contribution in [-0.2, 0) is 4.74 Å². The maximum Gasteiger partial charge on any atom is 0.170 e. The Labute approximate surface area is 128 Å². The summed E-state index contributed by atoms with van der Waals surface area (Å²) in [4.78, 5) is 0. The van der Waals surface area contributed by atoms with E-state index in [-0.39, 0.29) is 0 Å². The molecular formula is C16H16N2O2S. The van der Waals surface area contributed by atoms with Crippen molar-refractivity contribution in [2.75, 3.05) is 25.6 Å². The summed E-state index contributed by atoms with van der Waals surface area (Å²) in [7, 11) is 1.66. The Balaban J connectivity index is 1.81. The Morgan fingerprint density at radius 2 is 1.95 bits per heavy atom.